The monoisotopic (exact) mass is 467 g/mol. The van der Waals surface area contributed by atoms with Crippen LogP contribution in [0.4, 0.5) is 24.0 Å². The summed E-state index contributed by atoms with van der Waals surface area (Å²) in [4.78, 5) is 16.5. The zero-order valence-electron chi connectivity index (χ0n) is 17.2. The summed E-state index contributed by atoms with van der Waals surface area (Å²) in [5.41, 5.74) is 1.72. The summed E-state index contributed by atoms with van der Waals surface area (Å²) in [5.74, 6) is 0.593. The van der Waals surface area contributed by atoms with E-state index >= 15 is 0 Å². The number of benzene rings is 2. The van der Waals surface area contributed by atoms with Gasteiger partial charge in [-0.05, 0) is 48.4 Å². The highest BCUT2D eigenvalue weighted by atomic mass is 32.1. The number of aromatic nitrogens is 1. The Kier molecular flexibility index (Phi) is 7.41. The topological polar surface area (TPSA) is 81.7 Å². The van der Waals surface area contributed by atoms with Crippen molar-refractivity contribution in [3.63, 3.8) is 0 Å². The lowest BCUT2D eigenvalue weighted by molar-refractivity contribution is -0.274. The van der Waals surface area contributed by atoms with Crippen LogP contribution in [0.5, 0.6) is 17.2 Å². The van der Waals surface area contributed by atoms with Crippen molar-refractivity contribution >= 4 is 28.1 Å². The molecule has 0 aliphatic carbocycles. The quantitative estimate of drug-likeness (QED) is 0.472. The van der Waals surface area contributed by atoms with Crippen molar-refractivity contribution in [3.05, 3.63) is 59.1 Å². The Bertz CT molecular complexity index is 1060. The third-order valence-corrected chi connectivity index (χ3v) is 4.98. The number of nitrogens with zero attached hydrogens (tertiary/aromatic N) is 1. The first-order valence-electron chi connectivity index (χ1n) is 9.35. The highest BCUT2D eigenvalue weighted by Gasteiger charge is 2.30. The molecule has 1 heterocycles. The summed E-state index contributed by atoms with van der Waals surface area (Å²) in [7, 11) is 3.12. The van der Waals surface area contributed by atoms with Crippen molar-refractivity contribution < 1.29 is 32.2 Å². The van der Waals surface area contributed by atoms with Crippen molar-refractivity contribution in [1.29, 1.82) is 0 Å². The van der Waals surface area contributed by atoms with Gasteiger partial charge < -0.3 is 24.8 Å². The molecule has 7 nitrogen and oxygen atoms in total. The van der Waals surface area contributed by atoms with Crippen LogP contribution in [0.15, 0.2) is 47.8 Å². The third kappa shape index (κ3) is 6.51. The lowest BCUT2D eigenvalue weighted by Gasteiger charge is -2.10. The van der Waals surface area contributed by atoms with E-state index < -0.39 is 6.36 Å². The molecule has 0 fully saturated rings. The number of ether oxygens (including phenoxy) is 3. The number of hydrogen-bond donors (Lipinski definition) is 2. The fraction of sp³-hybridized carbons (Fsp3) is 0.238. The second kappa shape index (κ2) is 10.2. The van der Waals surface area contributed by atoms with Crippen LogP contribution in [-0.4, -0.2) is 38.0 Å². The molecule has 0 spiro atoms. The minimum atomic E-state index is -4.74. The van der Waals surface area contributed by atoms with Gasteiger partial charge in [-0.3, -0.25) is 4.79 Å². The number of anilines is 2. The van der Waals surface area contributed by atoms with Crippen molar-refractivity contribution in [3.8, 4) is 17.2 Å². The number of halogens is 3. The molecule has 0 unspecified atom stereocenters. The van der Waals surface area contributed by atoms with Crippen molar-refractivity contribution in [1.82, 2.24) is 10.3 Å². The number of methoxy groups -OCH3 is 2. The highest BCUT2D eigenvalue weighted by molar-refractivity contribution is 7.14. The first-order chi connectivity index (χ1) is 15.3. The van der Waals surface area contributed by atoms with Gasteiger partial charge in [-0.1, -0.05) is 6.07 Å². The SMILES string of the molecule is COc1ccc(CCNC(=O)c2csc(Nc3ccc(OC(F)(F)F)cc3)n2)cc1OC. The first-order valence-corrected chi connectivity index (χ1v) is 10.2. The maximum Gasteiger partial charge on any atom is 0.573 e. The average Bonchev–Trinajstić information content (AvgIpc) is 3.22. The molecule has 3 aromatic rings. The molecule has 2 aromatic carbocycles. The molecule has 0 saturated heterocycles. The van der Waals surface area contributed by atoms with Crippen LogP contribution in [0.3, 0.4) is 0 Å². The Morgan fingerprint density at radius 2 is 1.78 bits per heavy atom. The number of rotatable bonds is 9. The number of alkyl halides is 3. The Hall–Kier alpha value is -3.47. The molecule has 0 bridgehead atoms. The summed E-state index contributed by atoms with van der Waals surface area (Å²) < 4.78 is 51.0. The number of hydrogen-bond acceptors (Lipinski definition) is 7. The number of carbonyl (C=O) groups is 1. The second-order valence-corrected chi connectivity index (χ2v) is 7.29. The van der Waals surface area contributed by atoms with E-state index in [2.05, 4.69) is 20.4 Å². The fourth-order valence-corrected chi connectivity index (χ4v) is 3.46. The molecular formula is C21H20F3N3O4S. The summed E-state index contributed by atoms with van der Waals surface area (Å²) >= 11 is 1.20. The smallest absolute Gasteiger partial charge is 0.493 e. The molecule has 11 heteroatoms. The standard InChI is InChI=1S/C21H20F3N3O4S/c1-29-17-8-3-13(11-18(17)30-2)9-10-25-19(28)16-12-32-20(27-16)26-14-4-6-15(7-5-14)31-21(22,23)24/h3-8,11-12H,9-10H2,1-2H3,(H,25,28)(H,26,27). The molecular weight excluding hydrogens is 447 g/mol. The number of thiazole rings is 1. The maximum atomic E-state index is 12.3. The Morgan fingerprint density at radius 1 is 1.06 bits per heavy atom. The molecule has 1 amide bonds. The normalized spacial score (nSPS) is 11.0. The lowest BCUT2D eigenvalue weighted by Crippen LogP contribution is -2.26. The summed E-state index contributed by atoms with van der Waals surface area (Å²) in [6, 6.07) is 10.8. The number of amides is 1. The summed E-state index contributed by atoms with van der Waals surface area (Å²) in [6.45, 7) is 0.398. The van der Waals surface area contributed by atoms with E-state index in [1.54, 1.807) is 25.7 Å². The van der Waals surface area contributed by atoms with E-state index in [1.165, 1.54) is 35.6 Å². The summed E-state index contributed by atoms with van der Waals surface area (Å²) in [6.07, 6.45) is -4.15. The van der Waals surface area contributed by atoms with Crippen LogP contribution in [0, 0.1) is 0 Å². The molecule has 0 aliphatic rings. The number of nitrogens with one attached hydrogen (secondary N) is 2. The Morgan fingerprint density at radius 3 is 2.44 bits per heavy atom. The van der Waals surface area contributed by atoms with Crippen molar-refractivity contribution in [2.45, 2.75) is 12.8 Å². The van der Waals surface area contributed by atoms with E-state index in [9.17, 15) is 18.0 Å². The van der Waals surface area contributed by atoms with Gasteiger partial charge in [-0.25, -0.2) is 4.98 Å². The van der Waals surface area contributed by atoms with E-state index in [0.29, 0.717) is 35.3 Å². The van der Waals surface area contributed by atoms with Gasteiger partial charge in [0.1, 0.15) is 11.4 Å². The van der Waals surface area contributed by atoms with Crippen LogP contribution in [0.1, 0.15) is 16.1 Å². The Labute approximate surface area is 186 Å². The van der Waals surface area contributed by atoms with Gasteiger partial charge in [0.25, 0.3) is 5.91 Å². The zero-order valence-corrected chi connectivity index (χ0v) is 18.0. The molecule has 3 rings (SSSR count). The second-order valence-electron chi connectivity index (χ2n) is 6.43. The maximum absolute atomic E-state index is 12.3. The van der Waals surface area contributed by atoms with E-state index in [1.807, 2.05) is 12.1 Å². The zero-order chi connectivity index (χ0) is 23.1. The van der Waals surface area contributed by atoms with Gasteiger partial charge in [0.05, 0.1) is 14.2 Å². The molecule has 1 aromatic heterocycles. The molecule has 0 atom stereocenters. The molecule has 0 radical (unpaired) electrons. The minimum absolute atomic E-state index is 0.238. The van der Waals surface area contributed by atoms with Crippen LogP contribution >= 0.6 is 11.3 Å². The van der Waals surface area contributed by atoms with Crippen LogP contribution < -0.4 is 24.8 Å². The first kappa shape index (κ1) is 23.2. The Balaban J connectivity index is 1.51. The van der Waals surface area contributed by atoms with Gasteiger partial charge in [0, 0.05) is 17.6 Å². The van der Waals surface area contributed by atoms with Crippen molar-refractivity contribution in [2.75, 3.05) is 26.1 Å². The largest absolute Gasteiger partial charge is 0.573 e. The van der Waals surface area contributed by atoms with Gasteiger partial charge in [-0.2, -0.15) is 0 Å². The predicted molar refractivity (Wildman–Crippen MR) is 114 cm³/mol. The third-order valence-electron chi connectivity index (χ3n) is 4.22. The van der Waals surface area contributed by atoms with Gasteiger partial charge in [0.2, 0.25) is 0 Å². The lowest BCUT2D eigenvalue weighted by atomic mass is 10.1. The molecule has 32 heavy (non-hydrogen) atoms. The highest BCUT2D eigenvalue weighted by Crippen LogP contribution is 2.28. The summed E-state index contributed by atoms with van der Waals surface area (Å²) in [5, 5.41) is 7.76. The molecule has 2 N–H and O–H groups in total. The van der Waals surface area contributed by atoms with Gasteiger partial charge >= 0.3 is 6.36 Å². The molecule has 0 aliphatic heterocycles. The average molecular weight is 467 g/mol. The number of carbonyl (C=O) groups excluding carboxylic acids is 1. The van der Waals surface area contributed by atoms with E-state index in [4.69, 9.17) is 9.47 Å². The van der Waals surface area contributed by atoms with Crippen LogP contribution in [0.2, 0.25) is 0 Å². The van der Waals surface area contributed by atoms with Gasteiger partial charge in [-0.15, -0.1) is 24.5 Å². The molecule has 170 valence electrons. The molecule has 0 saturated carbocycles. The van der Waals surface area contributed by atoms with Crippen LogP contribution in [0.25, 0.3) is 0 Å². The fourth-order valence-electron chi connectivity index (χ4n) is 2.75. The minimum Gasteiger partial charge on any atom is -0.493 e. The van der Waals surface area contributed by atoms with Crippen LogP contribution in [-0.2, 0) is 6.42 Å². The van der Waals surface area contributed by atoms with Crippen molar-refractivity contribution in [2.24, 2.45) is 0 Å². The van der Waals surface area contributed by atoms with E-state index in [-0.39, 0.29) is 17.4 Å². The van der Waals surface area contributed by atoms with E-state index in [0.717, 1.165) is 5.56 Å². The van der Waals surface area contributed by atoms with Gasteiger partial charge in [0.15, 0.2) is 16.6 Å². The predicted octanol–water partition coefficient (Wildman–Crippen LogP) is 4.78.